The third-order valence-corrected chi connectivity index (χ3v) is 7.03. The zero-order chi connectivity index (χ0) is 24.8. The molecule has 1 aromatic carbocycles. The molecule has 1 aromatic rings. The first-order valence-corrected chi connectivity index (χ1v) is 10.1. The Balaban J connectivity index is 0. The first-order chi connectivity index (χ1) is 15.2. The van der Waals surface area contributed by atoms with Gasteiger partial charge in [-0.15, -0.1) is 0 Å². The molecule has 3 aliphatic rings. The number of aliphatic hydroxyl groups is 5. The number of aromatic hydroxyl groups is 1. The summed E-state index contributed by atoms with van der Waals surface area (Å²) in [5, 5.41) is 66.3. The monoisotopic (exact) mass is 538 g/mol. The van der Waals surface area contributed by atoms with Crippen LogP contribution in [0.25, 0.3) is 5.76 Å². The number of nitrogens with two attached hydrogens (primary N) is 1. The van der Waals surface area contributed by atoms with Gasteiger partial charge in [-0.2, -0.15) is 0 Å². The van der Waals surface area contributed by atoms with Crippen LogP contribution < -0.4 is 5.73 Å². The van der Waals surface area contributed by atoms with E-state index in [4.69, 9.17) is 5.73 Å². The van der Waals surface area contributed by atoms with Crippen LogP contribution in [0, 0.1) is 11.8 Å². The molecule has 1 amide bonds. The number of aliphatic hydroxyl groups excluding tert-OH is 3. The summed E-state index contributed by atoms with van der Waals surface area (Å²) in [6.45, 7) is 1.25. The maximum absolute atomic E-state index is 13.7. The molecular formula is C22H30CaN2O11. The number of carbonyl (C=O) groups excluding carboxylic acids is 3. The van der Waals surface area contributed by atoms with Crippen LogP contribution in [0.5, 0.6) is 5.75 Å². The van der Waals surface area contributed by atoms with Crippen molar-refractivity contribution < 1.29 is 58.8 Å². The molecule has 1 saturated carbocycles. The largest absolute Gasteiger partial charge is 2.00 e. The van der Waals surface area contributed by atoms with Crippen molar-refractivity contribution in [1.29, 1.82) is 0 Å². The fraction of sp³-hybridized carbons (Fsp3) is 0.409. The average Bonchev–Trinajstić information content (AvgIpc) is 2.70. The first-order valence-electron chi connectivity index (χ1n) is 10.1. The standard InChI is InChI=1S/C22H24N2O9.Ca.2H2O.2H/c1-21(32)7-5-4-6-8(25)9(7)15(26)10-12(21)17(28)13-14(24(2)3)16(27)11(20(23)31)19(30)22(13,33)18(10)29;;;;;/h4-6,12-14,17,25-26,28,30,32-33H,1-3H3,(H2,23,31);;2*1H2;;/q;+2;;;2*-1/t12-,13-,14+,17+,21-,22+;;;;;/m1...../s1. The number of hydrogen-bond donors (Lipinski definition) is 7. The Hall–Kier alpha value is -2.07. The number of phenolic OH excluding ortho intramolecular Hbond substituents is 1. The van der Waals surface area contributed by atoms with Gasteiger partial charge >= 0.3 is 37.7 Å². The molecule has 1 fully saturated rings. The molecule has 0 aliphatic heterocycles. The van der Waals surface area contributed by atoms with E-state index in [0.29, 0.717) is 0 Å². The smallest absolute Gasteiger partial charge is 1.00 e. The maximum atomic E-state index is 13.7. The third-order valence-electron chi connectivity index (χ3n) is 7.03. The second kappa shape index (κ2) is 10.0. The van der Waals surface area contributed by atoms with E-state index in [9.17, 15) is 45.0 Å². The molecule has 6 atom stereocenters. The minimum absolute atomic E-state index is 0. The number of likely N-dealkylation sites (N-methyl/N-ethyl adjacent to an activating group) is 1. The van der Waals surface area contributed by atoms with Gasteiger partial charge in [0.15, 0.2) is 11.4 Å². The average molecular weight is 539 g/mol. The van der Waals surface area contributed by atoms with Crippen molar-refractivity contribution in [3.63, 3.8) is 0 Å². The maximum Gasteiger partial charge on any atom is 2.00 e. The molecule has 0 unspecified atom stereocenters. The molecule has 3 aliphatic carbocycles. The van der Waals surface area contributed by atoms with Crippen molar-refractivity contribution in [2.75, 3.05) is 14.1 Å². The summed E-state index contributed by atoms with van der Waals surface area (Å²) in [5.41, 5.74) is -1.78. The Bertz CT molecular complexity index is 1200. The van der Waals surface area contributed by atoms with E-state index >= 15 is 0 Å². The molecule has 0 heterocycles. The van der Waals surface area contributed by atoms with E-state index in [2.05, 4.69) is 0 Å². The van der Waals surface area contributed by atoms with E-state index in [1.165, 1.54) is 44.1 Å². The van der Waals surface area contributed by atoms with Crippen LogP contribution in [0.3, 0.4) is 0 Å². The molecule has 0 spiro atoms. The van der Waals surface area contributed by atoms with E-state index in [-0.39, 0.29) is 62.7 Å². The van der Waals surface area contributed by atoms with Crippen molar-refractivity contribution >= 4 is 61.0 Å². The third kappa shape index (κ3) is 3.78. The Morgan fingerprint density at radius 2 is 1.67 bits per heavy atom. The van der Waals surface area contributed by atoms with Crippen LogP contribution in [0.1, 0.15) is 20.9 Å². The van der Waals surface area contributed by atoms with Gasteiger partial charge < -0.3 is 50.2 Å². The number of ketones is 2. The van der Waals surface area contributed by atoms with Crippen LogP contribution in [0.4, 0.5) is 0 Å². The summed E-state index contributed by atoms with van der Waals surface area (Å²) in [5.74, 6) is -9.67. The number of rotatable bonds is 2. The van der Waals surface area contributed by atoms with E-state index in [1.807, 2.05) is 0 Å². The summed E-state index contributed by atoms with van der Waals surface area (Å²) < 4.78 is 0. The van der Waals surface area contributed by atoms with Gasteiger partial charge in [-0.25, -0.2) is 0 Å². The van der Waals surface area contributed by atoms with E-state index < -0.39 is 81.1 Å². The fourth-order valence-electron chi connectivity index (χ4n) is 5.60. The molecule has 36 heavy (non-hydrogen) atoms. The number of hydrogen-bond acceptors (Lipinski definition) is 10. The summed E-state index contributed by atoms with van der Waals surface area (Å²) in [6.07, 6.45) is -1.87. The summed E-state index contributed by atoms with van der Waals surface area (Å²) in [7, 11) is 2.80. The van der Waals surface area contributed by atoms with Crippen molar-refractivity contribution in [1.82, 2.24) is 4.90 Å². The number of phenols is 1. The van der Waals surface area contributed by atoms with Crippen LogP contribution in [0.15, 0.2) is 35.1 Å². The molecule has 13 nitrogen and oxygen atoms in total. The molecule has 0 saturated heterocycles. The minimum Gasteiger partial charge on any atom is -1.00 e. The number of benzene rings is 1. The number of primary amides is 1. The molecule has 196 valence electrons. The number of amides is 1. The molecule has 0 bridgehead atoms. The normalized spacial score (nSPS) is 33.0. The minimum atomic E-state index is -3.02. The van der Waals surface area contributed by atoms with Gasteiger partial charge in [-0.3, -0.25) is 19.3 Å². The Kier molecular flexibility index (Phi) is 8.88. The molecule has 0 radical (unpaired) electrons. The zero-order valence-corrected chi connectivity index (χ0v) is 21.9. The van der Waals surface area contributed by atoms with Gasteiger partial charge in [0, 0.05) is 0 Å². The van der Waals surface area contributed by atoms with Crippen LogP contribution in [0.2, 0.25) is 0 Å². The van der Waals surface area contributed by atoms with Crippen LogP contribution in [-0.4, -0.2) is 134 Å². The SMILES string of the molecule is CN(C)[C@@H]1C(=O)C(C(N)=O)=C(O)[C@@]2(O)C(=O)C3=C(O)c4c(O)cccc4[C@@](C)(O)[C@H]3[C@H](O)[C@@H]12.O.O.[Ca+2].[H-].[H-]. The van der Waals surface area contributed by atoms with Crippen molar-refractivity contribution in [3.8, 4) is 5.75 Å². The number of carbonyl (C=O) groups is 3. The number of fused-ring (bicyclic) bond motifs is 3. The summed E-state index contributed by atoms with van der Waals surface area (Å²) in [4.78, 5) is 39.9. The fourth-order valence-corrected chi connectivity index (χ4v) is 5.60. The van der Waals surface area contributed by atoms with Crippen LogP contribution in [-0.2, 0) is 20.0 Å². The van der Waals surface area contributed by atoms with Crippen molar-refractivity contribution in [2.24, 2.45) is 17.6 Å². The van der Waals surface area contributed by atoms with Crippen molar-refractivity contribution in [2.45, 2.75) is 30.3 Å². The van der Waals surface area contributed by atoms with Gasteiger partial charge in [0.2, 0.25) is 5.78 Å². The second-order valence-corrected chi connectivity index (χ2v) is 9.06. The first kappa shape index (κ1) is 32.0. The molecule has 4 rings (SSSR count). The predicted molar refractivity (Wildman–Crippen MR) is 127 cm³/mol. The molecular weight excluding hydrogens is 508 g/mol. The van der Waals surface area contributed by atoms with Gasteiger partial charge in [0.1, 0.15) is 22.8 Å². The quantitative estimate of drug-likeness (QED) is 0.146. The zero-order valence-electron chi connectivity index (χ0n) is 21.7. The predicted octanol–water partition coefficient (Wildman–Crippen LogP) is -3.21. The Labute approximate surface area is 237 Å². The molecule has 0 aromatic heterocycles. The second-order valence-electron chi connectivity index (χ2n) is 9.06. The van der Waals surface area contributed by atoms with Crippen molar-refractivity contribution in [3.05, 3.63) is 46.2 Å². The summed E-state index contributed by atoms with van der Waals surface area (Å²) >= 11 is 0. The van der Waals surface area contributed by atoms with E-state index in [1.54, 1.807) is 0 Å². The van der Waals surface area contributed by atoms with Gasteiger partial charge in [-0.1, -0.05) is 12.1 Å². The van der Waals surface area contributed by atoms with Gasteiger partial charge in [0.25, 0.3) is 5.91 Å². The summed E-state index contributed by atoms with van der Waals surface area (Å²) in [6, 6.07) is 2.50. The Morgan fingerprint density at radius 3 is 2.17 bits per heavy atom. The Morgan fingerprint density at radius 1 is 1.11 bits per heavy atom. The van der Waals surface area contributed by atoms with Gasteiger partial charge in [0.05, 0.1) is 40.7 Å². The molecule has 12 N–H and O–H groups in total. The topological polar surface area (TPSA) is 265 Å². The number of Topliss-reactive ketones (excluding diaryl/α,β-unsaturated/α-hetero) is 2. The van der Waals surface area contributed by atoms with E-state index in [0.717, 1.165) is 0 Å². The molecule has 14 heteroatoms. The number of nitrogens with zero attached hydrogens (tertiary/aromatic N) is 1. The van der Waals surface area contributed by atoms with Crippen LogP contribution >= 0.6 is 0 Å². The van der Waals surface area contributed by atoms with Gasteiger partial charge in [-0.05, 0) is 32.6 Å².